The molecule has 1 unspecified atom stereocenters. The summed E-state index contributed by atoms with van der Waals surface area (Å²) in [6, 6.07) is 0. The van der Waals surface area contributed by atoms with E-state index in [0.29, 0.717) is 0 Å². The second-order valence-corrected chi connectivity index (χ2v) is 5.90. The Morgan fingerprint density at radius 2 is 1.87 bits per heavy atom. The first-order valence-corrected chi connectivity index (χ1v) is 7.33. The van der Waals surface area contributed by atoms with Crippen LogP contribution in [0, 0.1) is 11.8 Å². The molecular weight excluding hydrogens is 204 g/mol. The van der Waals surface area contributed by atoms with Crippen LogP contribution in [0.25, 0.3) is 0 Å². The van der Waals surface area contributed by atoms with Crippen molar-refractivity contribution in [3.05, 3.63) is 0 Å². The monoisotopic (exact) mass is 232 g/mol. The third-order valence-corrected chi connectivity index (χ3v) is 2.94. The molecule has 0 aliphatic heterocycles. The lowest BCUT2D eigenvalue weighted by atomic mass is 10.1. The Balaban J connectivity index is 3.42. The average Bonchev–Trinajstić information content (AvgIpc) is 2.14. The molecule has 0 radical (unpaired) electrons. The molecule has 0 bridgehead atoms. The van der Waals surface area contributed by atoms with E-state index in [-0.39, 0.29) is 0 Å². The van der Waals surface area contributed by atoms with Crippen LogP contribution < -0.4 is 5.32 Å². The molecule has 0 aromatic carbocycles. The van der Waals surface area contributed by atoms with Crippen LogP contribution in [0.4, 0.5) is 0 Å². The average molecular weight is 232 g/mol. The summed E-state index contributed by atoms with van der Waals surface area (Å²) in [4.78, 5) is 2.43. The summed E-state index contributed by atoms with van der Waals surface area (Å²) in [5, 5.41) is 3.51. The van der Waals surface area contributed by atoms with E-state index >= 15 is 0 Å². The molecule has 0 aromatic rings. The molecule has 1 N–H and O–H groups in total. The second-order valence-electron chi connectivity index (χ2n) is 4.91. The van der Waals surface area contributed by atoms with Crippen LogP contribution in [0.15, 0.2) is 0 Å². The van der Waals surface area contributed by atoms with Gasteiger partial charge in [0.05, 0.1) is 0 Å². The molecule has 1 atom stereocenters. The van der Waals surface area contributed by atoms with Crippen molar-refractivity contribution >= 4 is 11.8 Å². The highest BCUT2D eigenvalue weighted by atomic mass is 32.2. The van der Waals surface area contributed by atoms with Gasteiger partial charge >= 0.3 is 0 Å². The number of thioether (sulfide) groups is 1. The Hall–Kier alpha value is 0.270. The van der Waals surface area contributed by atoms with E-state index in [1.54, 1.807) is 0 Å². The normalized spacial score (nSPS) is 13.8. The maximum atomic E-state index is 3.51. The molecule has 3 heteroatoms. The van der Waals surface area contributed by atoms with Crippen LogP contribution in [0.1, 0.15) is 20.8 Å². The lowest BCUT2D eigenvalue weighted by Gasteiger charge is -2.21. The van der Waals surface area contributed by atoms with Gasteiger partial charge < -0.3 is 10.2 Å². The summed E-state index contributed by atoms with van der Waals surface area (Å²) in [7, 11) is 2.22. The standard InChI is InChI=1S/C12H28N2S/c1-11(2)8-13-9-12(3)10-14(4)6-7-15-5/h11-13H,6-10H2,1-5H3. The molecule has 0 fully saturated rings. The van der Waals surface area contributed by atoms with Gasteiger partial charge in [-0.05, 0) is 38.2 Å². The summed E-state index contributed by atoms with van der Waals surface area (Å²) in [5.41, 5.74) is 0. The van der Waals surface area contributed by atoms with Crippen LogP contribution in [0.3, 0.4) is 0 Å². The van der Waals surface area contributed by atoms with Gasteiger partial charge in [0.2, 0.25) is 0 Å². The van der Waals surface area contributed by atoms with Gasteiger partial charge in [-0.25, -0.2) is 0 Å². The van der Waals surface area contributed by atoms with Crippen molar-refractivity contribution < 1.29 is 0 Å². The smallest absolute Gasteiger partial charge is 0.00693 e. The molecule has 0 aliphatic rings. The lowest BCUT2D eigenvalue weighted by molar-refractivity contribution is 0.293. The van der Waals surface area contributed by atoms with Crippen LogP contribution in [0.5, 0.6) is 0 Å². The van der Waals surface area contributed by atoms with Gasteiger partial charge in [0.25, 0.3) is 0 Å². The zero-order chi connectivity index (χ0) is 11.7. The molecular formula is C12H28N2S. The third-order valence-electron chi connectivity index (χ3n) is 2.35. The van der Waals surface area contributed by atoms with Crippen LogP contribution in [-0.4, -0.2) is 50.1 Å². The van der Waals surface area contributed by atoms with E-state index in [0.717, 1.165) is 24.9 Å². The van der Waals surface area contributed by atoms with Gasteiger partial charge in [-0.2, -0.15) is 11.8 Å². The first kappa shape index (κ1) is 15.3. The fraction of sp³-hybridized carbons (Fsp3) is 1.00. The first-order valence-electron chi connectivity index (χ1n) is 5.94. The number of hydrogen-bond donors (Lipinski definition) is 1. The van der Waals surface area contributed by atoms with E-state index < -0.39 is 0 Å². The van der Waals surface area contributed by atoms with E-state index in [9.17, 15) is 0 Å². The van der Waals surface area contributed by atoms with Crippen molar-refractivity contribution in [2.45, 2.75) is 20.8 Å². The van der Waals surface area contributed by atoms with E-state index in [2.05, 4.69) is 44.3 Å². The SMILES string of the molecule is CSCCN(C)CC(C)CNCC(C)C. The van der Waals surface area contributed by atoms with Gasteiger partial charge in [-0.3, -0.25) is 0 Å². The minimum absolute atomic E-state index is 0.746. The highest BCUT2D eigenvalue weighted by Crippen LogP contribution is 1.99. The van der Waals surface area contributed by atoms with Gasteiger partial charge in [-0.1, -0.05) is 20.8 Å². The van der Waals surface area contributed by atoms with Gasteiger partial charge in [-0.15, -0.1) is 0 Å². The molecule has 0 heterocycles. The largest absolute Gasteiger partial charge is 0.316 e. The van der Waals surface area contributed by atoms with Crippen molar-refractivity contribution in [1.29, 1.82) is 0 Å². The topological polar surface area (TPSA) is 15.3 Å². The van der Waals surface area contributed by atoms with E-state index in [1.807, 2.05) is 11.8 Å². The maximum Gasteiger partial charge on any atom is 0.00693 e. The molecule has 0 amide bonds. The fourth-order valence-corrected chi connectivity index (χ4v) is 2.05. The molecule has 0 saturated heterocycles. The molecule has 0 saturated carbocycles. The number of hydrogen-bond acceptors (Lipinski definition) is 3. The Labute approximate surface area is 100 Å². The minimum atomic E-state index is 0.746. The van der Waals surface area contributed by atoms with Gasteiger partial charge in [0.1, 0.15) is 0 Å². The molecule has 2 nitrogen and oxygen atoms in total. The van der Waals surface area contributed by atoms with Crippen molar-refractivity contribution in [3.63, 3.8) is 0 Å². The van der Waals surface area contributed by atoms with Crippen molar-refractivity contribution in [2.75, 3.05) is 45.2 Å². The Morgan fingerprint density at radius 1 is 1.20 bits per heavy atom. The third kappa shape index (κ3) is 10.6. The van der Waals surface area contributed by atoms with Gasteiger partial charge in [0, 0.05) is 18.8 Å². The predicted molar refractivity (Wildman–Crippen MR) is 72.8 cm³/mol. The molecule has 0 aliphatic carbocycles. The number of nitrogens with zero attached hydrogens (tertiary/aromatic N) is 1. The quantitative estimate of drug-likeness (QED) is 0.656. The highest BCUT2D eigenvalue weighted by Gasteiger charge is 2.05. The molecule has 0 aromatic heterocycles. The lowest BCUT2D eigenvalue weighted by Crippen LogP contribution is -2.33. The Bertz CT molecular complexity index is 140. The van der Waals surface area contributed by atoms with E-state index in [4.69, 9.17) is 0 Å². The zero-order valence-corrected chi connectivity index (χ0v) is 11.9. The summed E-state index contributed by atoms with van der Waals surface area (Å²) < 4.78 is 0. The predicted octanol–water partition coefficient (Wildman–Crippen LogP) is 2.16. The first-order chi connectivity index (χ1) is 7.06. The highest BCUT2D eigenvalue weighted by molar-refractivity contribution is 7.98. The minimum Gasteiger partial charge on any atom is -0.316 e. The summed E-state index contributed by atoms with van der Waals surface area (Å²) in [6.07, 6.45) is 2.17. The molecule has 0 spiro atoms. The maximum absolute atomic E-state index is 3.51. The van der Waals surface area contributed by atoms with Gasteiger partial charge in [0.15, 0.2) is 0 Å². The zero-order valence-electron chi connectivity index (χ0n) is 11.0. The fourth-order valence-electron chi connectivity index (χ4n) is 1.55. The van der Waals surface area contributed by atoms with E-state index in [1.165, 1.54) is 18.8 Å². The van der Waals surface area contributed by atoms with Crippen molar-refractivity contribution in [1.82, 2.24) is 10.2 Å². The summed E-state index contributed by atoms with van der Waals surface area (Å²) in [5.74, 6) is 2.74. The summed E-state index contributed by atoms with van der Waals surface area (Å²) in [6.45, 7) is 11.5. The second kappa shape index (κ2) is 9.49. The van der Waals surface area contributed by atoms with Crippen LogP contribution in [-0.2, 0) is 0 Å². The van der Waals surface area contributed by atoms with Crippen molar-refractivity contribution in [3.8, 4) is 0 Å². The Morgan fingerprint density at radius 3 is 2.40 bits per heavy atom. The molecule has 0 rings (SSSR count). The summed E-state index contributed by atoms with van der Waals surface area (Å²) >= 11 is 1.92. The van der Waals surface area contributed by atoms with Crippen molar-refractivity contribution in [2.24, 2.45) is 11.8 Å². The number of nitrogens with one attached hydrogen (secondary N) is 1. The number of rotatable bonds is 9. The molecule has 92 valence electrons. The van der Waals surface area contributed by atoms with Crippen LogP contribution >= 0.6 is 11.8 Å². The Kier molecular flexibility index (Phi) is 9.66. The van der Waals surface area contributed by atoms with Crippen LogP contribution in [0.2, 0.25) is 0 Å². The molecule has 15 heavy (non-hydrogen) atoms.